The Morgan fingerprint density at radius 1 is 1.31 bits per heavy atom. The maximum atomic E-state index is 14.6. The highest BCUT2D eigenvalue weighted by atomic mass is 19.1. The topological polar surface area (TPSA) is 92.8 Å². The van der Waals surface area contributed by atoms with Crippen molar-refractivity contribution in [2.24, 2.45) is 10.7 Å². The normalized spacial score (nSPS) is 21.7. The van der Waals surface area contributed by atoms with Crippen LogP contribution in [0.25, 0.3) is 0 Å². The fraction of sp³-hybridized carbons (Fsp3) is 0.381. The van der Waals surface area contributed by atoms with Crippen LogP contribution in [0.3, 0.4) is 0 Å². The predicted molar refractivity (Wildman–Crippen MR) is 110 cm³/mol. The maximum Gasteiger partial charge on any atom is 0.276 e. The minimum Gasteiger partial charge on any atom is -0.386 e. The van der Waals surface area contributed by atoms with Crippen LogP contribution in [-0.4, -0.2) is 43.0 Å². The molecule has 0 saturated carbocycles. The molecule has 1 saturated heterocycles. The standard InChI is InChI=1S/C21H24FN5O2/c1-21(13-29-12-18(23)26-21)15-11-14(6-7-16(15)22)25-20(28)19-17(5-4-8-24-19)27-9-2-3-10-27/h4-8,11H,2-3,9-10,12-13H2,1H3,(H2,23,26)(H,25,28). The number of carbonyl (C=O) groups is 1. The number of benzene rings is 1. The van der Waals surface area contributed by atoms with E-state index in [1.807, 2.05) is 12.1 Å². The van der Waals surface area contributed by atoms with Crippen LogP contribution in [0.2, 0.25) is 0 Å². The second-order valence-corrected chi connectivity index (χ2v) is 7.58. The second-order valence-electron chi connectivity index (χ2n) is 7.58. The van der Waals surface area contributed by atoms with Gasteiger partial charge < -0.3 is 20.7 Å². The zero-order valence-corrected chi connectivity index (χ0v) is 16.3. The van der Waals surface area contributed by atoms with Crippen molar-refractivity contribution in [2.45, 2.75) is 25.3 Å². The third kappa shape index (κ3) is 3.93. The summed E-state index contributed by atoms with van der Waals surface area (Å²) in [5.74, 6) is -0.447. The number of amides is 1. The van der Waals surface area contributed by atoms with Crippen LogP contribution in [0.15, 0.2) is 41.5 Å². The van der Waals surface area contributed by atoms with Crippen molar-refractivity contribution >= 4 is 23.1 Å². The lowest BCUT2D eigenvalue weighted by Crippen LogP contribution is -2.38. The van der Waals surface area contributed by atoms with E-state index in [0.29, 0.717) is 22.8 Å². The Balaban J connectivity index is 1.61. The molecule has 152 valence electrons. The van der Waals surface area contributed by atoms with Gasteiger partial charge >= 0.3 is 0 Å². The number of nitrogens with two attached hydrogens (primary N) is 1. The first-order valence-corrected chi connectivity index (χ1v) is 9.69. The predicted octanol–water partition coefficient (Wildman–Crippen LogP) is 2.68. The van der Waals surface area contributed by atoms with Gasteiger partial charge in [0.1, 0.15) is 23.8 Å². The molecule has 1 unspecified atom stereocenters. The van der Waals surface area contributed by atoms with Crippen molar-refractivity contribution < 1.29 is 13.9 Å². The van der Waals surface area contributed by atoms with E-state index in [4.69, 9.17) is 10.5 Å². The number of hydrogen-bond acceptors (Lipinski definition) is 6. The van der Waals surface area contributed by atoms with E-state index < -0.39 is 11.4 Å². The van der Waals surface area contributed by atoms with Crippen LogP contribution in [0.1, 0.15) is 35.8 Å². The molecule has 0 radical (unpaired) electrons. The first-order valence-electron chi connectivity index (χ1n) is 9.69. The molecule has 2 aliphatic rings. The number of nitrogens with zero attached hydrogens (tertiary/aromatic N) is 3. The Labute approximate surface area is 168 Å². The fourth-order valence-electron chi connectivity index (χ4n) is 3.86. The van der Waals surface area contributed by atoms with Gasteiger partial charge in [-0.05, 0) is 50.1 Å². The average Bonchev–Trinajstić information content (AvgIpc) is 3.24. The highest BCUT2D eigenvalue weighted by Gasteiger charge is 2.33. The minimum absolute atomic E-state index is 0.210. The average molecular weight is 397 g/mol. The van der Waals surface area contributed by atoms with Crippen LogP contribution >= 0.6 is 0 Å². The van der Waals surface area contributed by atoms with E-state index in [9.17, 15) is 9.18 Å². The quantitative estimate of drug-likeness (QED) is 0.827. The first-order chi connectivity index (χ1) is 14.0. The second kappa shape index (κ2) is 7.79. The van der Waals surface area contributed by atoms with Gasteiger partial charge in [-0.2, -0.15) is 0 Å². The summed E-state index contributed by atoms with van der Waals surface area (Å²) in [6.07, 6.45) is 3.80. The van der Waals surface area contributed by atoms with Crippen molar-refractivity contribution in [3.05, 3.63) is 53.6 Å². The van der Waals surface area contributed by atoms with Crippen molar-refractivity contribution in [3.63, 3.8) is 0 Å². The van der Waals surface area contributed by atoms with E-state index in [2.05, 4.69) is 20.2 Å². The van der Waals surface area contributed by atoms with E-state index in [1.165, 1.54) is 12.1 Å². The van der Waals surface area contributed by atoms with Crippen LogP contribution in [0.5, 0.6) is 0 Å². The number of ether oxygens (including phenoxy) is 1. The zero-order valence-electron chi connectivity index (χ0n) is 16.3. The van der Waals surface area contributed by atoms with Gasteiger partial charge in [0.25, 0.3) is 5.91 Å². The molecule has 1 fully saturated rings. The molecule has 0 spiro atoms. The summed E-state index contributed by atoms with van der Waals surface area (Å²) in [6, 6.07) is 8.15. The molecule has 1 aromatic heterocycles. The number of pyridine rings is 1. The molecule has 1 atom stereocenters. The number of anilines is 2. The lowest BCUT2D eigenvalue weighted by atomic mass is 9.92. The van der Waals surface area contributed by atoms with Crippen LogP contribution in [-0.2, 0) is 10.3 Å². The number of carbonyl (C=O) groups excluding carboxylic acids is 1. The van der Waals surface area contributed by atoms with Crippen molar-refractivity contribution in [3.8, 4) is 0 Å². The van der Waals surface area contributed by atoms with Gasteiger partial charge in [-0.25, -0.2) is 9.37 Å². The molecule has 2 aliphatic heterocycles. The number of aliphatic imine (C=N–C) groups is 1. The van der Waals surface area contributed by atoms with Gasteiger partial charge in [0.2, 0.25) is 0 Å². The Hall–Kier alpha value is -3.00. The summed E-state index contributed by atoms with van der Waals surface area (Å²) in [6.45, 7) is 4.01. The smallest absolute Gasteiger partial charge is 0.276 e. The Morgan fingerprint density at radius 2 is 2.10 bits per heavy atom. The van der Waals surface area contributed by atoms with Gasteiger partial charge in [0, 0.05) is 30.5 Å². The lowest BCUT2D eigenvalue weighted by molar-refractivity contribution is 0.102. The van der Waals surface area contributed by atoms with Crippen LogP contribution in [0, 0.1) is 5.82 Å². The zero-order chi connectivity index (χ0) is 20.4. The third-order valence-electron chi connectivity index (χ3n) is 5.28. The molecular weight excluding hydrogens is 373 g/mol. The Bertz CT molecular complexity index is 958. The summed E-state index contributed by atoms with van der Waals surface area (Å²) in [5, 5.41) is 2.84. The number of aromatic nitrogens is 1. The summed E-state index contributed by atoms with van der Waals surface area (Å²) < 4.78 is 20.0. The summed E-state index contributed by atoms with van der Waals surface area (Å²) in [4.78, 5) is 23.8. The summed E-state index contributed by atoms with van der Waals surface area (Å²) in [7, 11) is 0. The number of nitrogens with one attached hydrogen (secondary N) is 1. The van der Waals surface area contributed by atoms with E-state index in [1.54, 1.807) is 19.2 Å². The largest absolute Gasteiger partial charge is 0.386 e. The van der Waals surface area contributed by atoms with Crippen LogP contribution < -0.4 is 16.0 Å². The van der Waals surface area contributed by atoms with Crippen molar-refractivity contribution in [2.75, 3.05) is 36.5 Å². The van der Waals surface area contributed by atoms with E-state index in [0.717, 1.165) is 31.6 Å². The number of amidine groups is 1. The van der Waals surface area contributed by atoms with E-state index >= 15 is 0 Å². The molecule has 3 N–H and O–H groups in total. The van der Waals surface area contributed by atoms with Gasteiger partial charge in [-0.1, -0.05) is 0 Å². The molecule has 4 rings (SSSR count). The number of halogens is 1. The molecule has 0 bridgehead atoms. The maximum absolute atomic E-state index is 14.6. The fourth-order valence-corrected chi connectivity index (χ4v) is 3.86. The molecule has 8 heteroatoms. The molecule has 1 aromatic carbocycles. The Kier molecular flexibility index (Phi) is 5.19. The molecule has 7 nitrogen and oxygen atoms in total. The monoisotopic (exact) mass is 397 g/mol. The number of rotatable bonds is 4. The number of hydrogen-bond donors (Lipinski definition) is 2. The first kappa shape index (κ1) is 19.3. The molecule has 2 aromatic rings. The summed E-state index contributed by atoms with van der Waals surface area (Å²) >= 11 is 0. The third-order valence-corrected chi connectivity index (χ3v) is 5.28. The molecule has 1 amide bonds. The van der Waals surface area contributed by atoms with Gasteiger partial charge in [0.05, 0.1) is 12.3 Å². The lowest BCUT2D eigenvalue weighted by Gasteiger charge is -2.30. The SMILES string of the molecule is CC1(c2cc(NC(=O)c3ncccc3N3CCCC3)ccc2F)COCC(N)=N1. The highest BCUT2D eigenvalue weighted by Crippen LogP contribution is 2.32. The van der Waals surface area contributed by atoms with Gasteiger partial charge in [-0.3, -0.25) is 9.79 Å². The highest BCUT2D eigenvalue weighted by molar-refractivity contribution is 6.06. The molecule has 29 heavy (non-hydrogen) atoms. The summed E-state index contributed by atoms with van der Waals surface area (Å²) in [5.41, 5.74) is 6.80. The van der Waals surface area contributed by atoms with Crippen molar-refractivity contribution in [1.29, 1.82) is 0 Å². The molecule has 0 aliphatic carbocycles. The molecular formula is C21H24FN5O2. The van der Waals surface area contributed by atoms with Crippen molar-refractivity contribution in [1.82, 2.24) is 4.98 Å². The minimum atomic E-state index is -0.946. The Morgan fingerprint density at radius 3 is 2.86 bits per heavy atom. The van der Waals surface area contributed by atoms with Crippen LogP contribution in [0.4, 0.5) is 15.8 Å². The van der Waals surface area contributed by atoms with Gasteiger partial charge in [-0.15, -0.1) is 0 Å². The molecule has 3 heterocycles. The van der Waals surface area contributed by atoms with Gasteiger partial charge in [0.15, 0.2) is 5.69 Å². The van der Waals surface area contributed by atoms with E-state index in [-0.39, 0.29) is 19.1 Å².